The predicted molar refractivity (Wildman–Crippen MR) is 71.7 cm³/mol. The second kappa shape index (κ2) is 4.36. The summed E-state index contributed by atoms with van der Waals surface area (Å²) in [5, 5.41) is 3.47. The second-order valence-electron chi connectivity index (χ2n) is 5.21. The monoisotopic (exact) mass is 282 g/mol. The van der Waals surface area contributed by atoms with Crippen LogP contribution in [0.2, 0.25) is 0 Å². The van der Waals surface area contributed by atoms with Gasteiger partial charge in [-0.25, -0.2) is 4.98 Å². The third kappa shape index (κ3) is 2.40. The smallest absolute Gasteiger partial charge is 0.140 e. The number of nitrogens with one attached hydrogen (secondary N) is 1. The van der Waals surface area contributed by atoms with Gasteiger partial charge in [-0.2, -0.15) is 0 Å². The van der Waals surface area contributed by atoms with E-state index in [0.29, 0.717) is 5.41 Å². The van der Waals surface area contributed by atoms with Crippen LogP contribution in [0.15, 0.2) is 16.7 Å². The van der Waals surface area contributed by atoms with E-state index in [1.54, 1.807) is 0 Å². The van der Waals surface area contributed by atoms with Crippen LogP contribution in [0.25, 0.3) is 0 Å². The molecule has 0 aromatic carbocycles. The highest BCUT2D eigenvalue weighted by molar-refractivity contribution is 9.10. The molecule has 2 rings (SSSR count). The number of hydrogen-bond acceptors (Lipinski definition) is 2. The zero-order valence-corrected chi connectivity index (χ0v) is 11.8. The topological polar surface area (TPSA) is 24.9 Å². The molecule has 0 spiro atoms. The van der Waals surface area contributed by atoms with E-state index in [9.17, 15) is 0 Å². The third-order valence-electron chi connectivity index (χ3n) is 3.70. The first kappa shape index (κ1) is 11.9. The normalized spacial score (nSPS) is 17.6. The van der Waals surface area contributed by atoms with Crippen LogP contribution in [0.4, 0.5) is 5.82 Å². The van der Waals surface area contributed by atoms with Crippen molar-refractivity contribution in [2.45, 2.75) is 33.6 Å². The van der Waals surface area contributed by atoms with Crippen molar-refractivity contribution in [3.63, 3.8) is 0 Å². The first-order chi connectivity index (χ1) is 7.53. The van der Waals surface area contributed by atoms with Gasteiger partial charge in [0.1, 0.15) is 5.82 Å². The molecule has 3 heteroatoms. The van der Waals surface area contributed by atoms with Crippen molar-refractivity contribution in [2.24, 2.45) is 11.3 Å². The zero-order valence-electron chi connectivity index (χ0n) is 10.2. The highest BCUT2D eigenvalue weighted by atomic mass is 79.9. The maximum Gasteiger partial charge on any atom is 0.140 e. The lowest BCUT2D eigenvalue weighted by atomic mass is 9.92. The van der Waals surface area contributed by atoms with Gasteiger partial charge in [0.25, 0.3) is 0 Å². The molecule has 0 saturated heterocycles. The molecule has 2 nitrogen and oxygen atoms in total. The van der Waals surface area contributed by atoms with Crippen molar-refractivity contribution in [3.8, 4) is 0 Å². The maximum atomic E-state index is 4.41. The molecule has 1 aromatic heterocycles. The Kier molecular flexibility index (Phi) is 3.24. The van der Waals surface area contributed by atoms with Gasteiger partial charge < -0.3 is 5.32 Å². The van der Waals surface area contributed by atoms with Crippen LogP contribution in [0.3, 0.4) is 0 Å². The van der Waals surface area contributed by atoms with E-state index in [0.717, 1.165) is 22.8 Å². The first-order valence-electron chi connectivity index (χ1n) is 5.89. The van der Waals surface area contributed by atoms with Crippen LogP contribution >= 0.6 is 15.9 Å². The summed E-state index contributed by atoms with van der Waals surface area (Å²) >= 11 is 3.55. The van der Waals surface area contributed by atoms with Gasteiger partial charge in [-0.1, -0.05) is 13.8 Å². The van der Waals surface area contributed by atoms with Crippen molar-refractivity contribution in [1.82, 2.24) is 4.98 Å². The molecule has 0 radical (unpaired) electrons. The Morgan fingerprint density at radius 2 is 2.19 bits per heavy atom. The average molecular weight is 283 g/mol. The molecule has 1 fully saturated rings. The Hall–Kier alpha value is -0.570. The number of rotatable bonds is 4. The minimum absolute atomic E-state index is 0.520. The van der Waals surface area contributed by atoms with Crippen molar-refractivity contribution >= 4 is 21.7 Å². The van der Waals surface area contributed by atoms with E-state index in [-0.39, 0.29) is 0 Å². The summed E-state index contributed by atoms with van der Waals surface area (Å²) in [5.74, 6) is 1.72. The van der Waals surface area contributed by atoms with Gasteiger partial charge in [0.15, 0.2) is 0 Å². The van der Waals surface area contributed by atoms with Crippen LogP contribution in [-0.4, -0.2) is 11.5 Å². The number of hydrogen-bond donors (Lipinski definition) is 1. The van der Waals surface area contributed by atoms with Crippen LogP contribution in [-0.2, 0) is 0 Å². The second-order valence-corrected chi connectivity index (χ2v) is 6.07. The van der Waals surface area contributed by atoms with Crippen molar-refractivity contribution < 1.29 is 0 Å². The molecule has 88 valence electrons. The Bertz CT molecular complexity index is 384. The molecular formula is C13H19BrN2. The number of aromatic nitrogens is 1. The summed E-state index contributed by atoms with van der Waals surface area (Å²) in [6, 6.07) is 2.10. The summed E-state index contributed by atoms with van der Waals surface area (Å²) in [6.45, 7) is 7.72. The fourth-order valence-corrected chi connectivity index (χ4v) is 2.65. The summed E-state index contributed by atoms with van der Waals surface area (Å²) < 4.78 is 1.06. The van der Waals surface area contributed by atoms with Gasteiger partial charge >= 0.3 is 0 Å². The molecule has 0 unspecified atom stereocenters. The van der Waals surface area contributed by atoms with Crippen LogP contribution in [0.1, 0.15) is 32.3 Å². The summed E-state index contributed by atoms with van der Waals surface area (Å²) in [4.78, 5) is 4.41. The fraction of sp³-hybridized carbons (Fsp3) is 0.615. The largest absolute Gasteiger partial charge is 0.369 e. The quantitative estimate of drug-likeness (QED) is 0.903. The van der Waals surface area contributed by atoms with Crippen molar-refractivity contribution in [2.75, 3.05) is 11.9 Å². The lowest BCUT2D eigenvalue weighted by Gasteiger charge is -2.20. The van der Waals surface area contributed by atoms with Crippen LogP contribution in [0.5, 0.6) is 0 Å². The summed E-state index contributed by atoms with van der Waals surface area (Å²) in [6.07, 6.45) is 4.60. The van der Waals surface area contributed by atoms with Gasteiger partial charge in [-0.15, -0.1) is 0 Å². The summed E-state index contributed by atoms with van der Waals surface area (Å²) in [7, 11) is 0. The molecule has 16 heavy (non-hydrogen) atoms. The van der Waals surface area contributed by atoms with E-state index in [2.05, 4.69) is 53.1 Å². The highest BCUT2D eigenvalue weighted by Gasteiger charge is 2.44. The van der Waals surface area contributed by atoms with Crippen molar-refractivity contribution in [3.05, 3.63) is 22.3 Å². The zero-order chi connectivity index (χ0) is 11.8. The minimum atomic E-state index is 0.520. The lowest BCUT2D eigenvalue weighted by molar-refractivity contribution is 0.380. The molecule has 0 aliphatic heterocycles. The fourth-order valence-electron chi connectivity index (χ4n) is 2.04. The SMILES string of the molecule is Cc1cnc(NCC2(C(C)C)CC2)c(Br)c1. The Balaban J connectivity index is 2.00. The highest BCUT2D eigenvalue weighted by Crippen LogP contribution is 2.51. The predicted octanol–water partition coefficient (Wildman–Crippen LogP) is 4.00. The molecular weight excluding hydrogens is 264 g/mol. The molecule has 1 N–H and O–H groups in total. The van der Waals surface area contributed by atoms with E-state index >= 15 is 0 Å². The molecule has 0 amide bonds. The number of aryl methyl sites for hydroxylation is 1. The van der Waals surface area contributed by atoms with Crippen molar-refractivity contribution in [1.29, 1.82) is 0 Å². The van der Waals surface area contributed by atoms with Gasteiger partial charge in [-0.05, 0) is 58.7 Å². The number of pyridine rings is 1. The Morgan fingerprint density at radius 1 is 1.50 bits per heavy atom. The minimum Gasteiger partial charge on any atom is -0.369 e. The molecule has 0 bridgehead atoms. The van der Waals surface area contributed by atoms with Gasteiger partial charge in [0.05, 0.1) is 4.47 Å². The van der Waals surface area contributed by atoms with E-state index < -0.39 is 0 Å². The molecule has 1 aliphatic carbocycles. The third-order valence-corrected chi connectivity index (χ3v) is 4.31. The van der Waals surface area contributed by atoms with Crippen LogP contribution < -0.4 is 5.32 Å². The molecule has 1 saturated carbocycles. The number of anilines is 1. The average Bonchev–Trinajstić information content (AvgIpc) is 2.97. The van der Waals surface area contributed by atoms with E-state index in [4.69, 9.17) is 0 Å². The molecule has 1 aliphatic rings. The number of halogens is 1. The van der Waals surface area contributed by atoms with E-state index in [1.165, 1.54) is 18.4 Å². The van der Waals surface area contributed by atoms with Gasteiger partial charge in [0.2, 0.25) is 0 Å². The molecule has 1 heterocycles. The first-order valence-corrected chi connectivity index (χ1v) is 6.69. The standard InChI is InChI=1S/C13H19BrN2/c1-9(2)13(4-5-13)8-16-12-11(14)6-10(3)7-15-12/h6-7,9H,4-5,8H2,1-3H3,(H,15,16). The van der Waals surface area contributed by atoms with Crippen LogP contribution in [0, 0.1) is 18.3 Å². The maximum absolute atomic E-state index is 4.41. The molecule has 1 aromatic rings. The van der Waals surface area contributed by atoms with Gasteiger partial charge in [-0.3, -0.25) is 0 Å². The lowest BCUT2D eigenvalue weighted by Crippen LogP contribution is -2.21. The Labute approximate surface area is 106 Å². The summed E-state index contributed by atoms with van der Waals surface area (Å²) in [5.41, 5.74) is 1.70. The number of nitrogens with zero attached hydrogens (tertiary/aromatic N) is 1. The molecule has 0 atom stereocenters. The van der Waals surface area contributed by atoms with Gasteiger partial charge in [0, 0.05) is 12.7 Å². The van der Waals surface area contributed by atoms with E-state index in [1.807, 2.05) is 6.20 Å². The Morgan fingerprint density at radius 3 is 2.69 bits per heavy atom.